The Kier molecular flexibility index (Phi) is 4.47. The van der Waals surface area contributed by atoms with Crippen molar-refractivity contribution < 1.29 is 27.9 Å². The highest BCUT2D eigenvalue weighted by Gasteiger charge is 2.48. The summed E-state index contributed by atoms with van der Waals surface area (Å²) < 4.78 is 38.3. The molecule has 1 amide bonds. The average molecular weight is 356 g/mol. The first-order chi connectivity index (χ1) is 11.7. The summed E-state index contributed by atoms with van der Waals surface area (Å²) in [5.41, 5.74) is -1.07. The minimum Gasteiger partial charge on any atom is -0.480 e. The number of amides is 1. The van der Waals surface area contributed by atoms with Crippen LogP contribution in [0.15, 0.2) is 12.1 Å². The number of carbonyl (C=O) groups excluding carboxylic acids is 1. The Bertz CT molecular complexity index is 705. The van der Waals surface area contributed by atoms with Gasteiger partial charge in [0.05, 0.1) is 11.3 Å². The lowest BCUT2D eigenvalue weighted by Crippen LogP contribution is -2.46. The van der Waals surface area contributed by atoms with Crippen molar-refractivity contribution >= 4 is 11.9 Å². The number of pyridine rings is 1. The molecule has 1 aliphatic carbocycles. The average Bonchev–Trinajstić information content (AvgIpc) is 2.93. The summed E-state index contributed by atoms with van der Waals surface area (Å²) in [5, 5.41) is 9.49. The number of rotatable bonds is 2. The van der Waals surface area contributed by atoms with Crippen molar-refractivity contribution in [2.45, 2.75) is 57.3 Å². The SMILES string of the molecule is Cc1nc(C(F)(F)F)ccc1C(=O)N1[C@@H]2CCCC[C@H]2C[C@H]1C(=O)O. The molecule has 0 unspecified atom stereocenters. The number of fused-ring (bicyclic) bond motifs is 1. The number of aliphatic carboxylic acids is 1. The number of carboxylic acid groups (broad SMARTS) is 1. The van der Waals surface area contributed by atoms with E-state index in [4.69, 9.17) is 0 Å². The Balaban J connectivity index is 1.94. The molecule has 5 nitrogen and oxygen atoms in total. The van der Waals surface area contributed by atoms with Crippen molar-refractivity contribution in [3.05, 3.63) is 29.1 Å². The van der Waals surface area contributed by atoms with Gasteiger partial charge in [0.15, 0.2) is 0 Å². The molecule has 3 rings (SSSR count). The molecule has 1 saturated carbocycles. The number of aryl methyl sites for hydroxylation is 1. The first kappa shape index (κ1) is 17.7. The summed E-state index contributed by atoms with van der Waals surface area (Å²) in [6.07, 6.45) is -0.648. The fourth-order valence-corrected chi connectivity index (χ4v) is 4.06. The van der Waals surface area contributed by atoms with Gasteiger partial charge in [-0.1, -0.05) is 12.8 Å². The second-order valence-electron chi connectivity index (χ2n) is 6.74. The molecule has 1 saturated heterocycles. The number of hydrogen-bond acceptors (Lipinski definition) is 3. The number of likely N-dealkylation sites (tertiary alicyclic amines) is 1. The normalized spacial score (nSPS) is 26.4. The summed E-state index contributed by atoms with van der Waals surface area (Å²) in [6.45, 7) is 1.34. The molecule has 2 aliphatic rings. The van der Waals surface area contributed by atoms with E-state index in [2.05, 4.69) is 4.98 Å². The van der Waals surface area contributed by atoms with Gasteiger partial charge in [0, 0.05) is 6.04 Å². The lowest BCUT2D eigenvalue weighted by atomic mass is 9.84. The van der Waals surface area contributed by atoms with Gasteiger partial charge >= 0.3 is 12.1 Å². The molecule has 8 heteroatoms. The molecule has 0 radical (unpaired) electrons. The van der Waals surface area contributed by atoms with E-state index in [-0.39, 0.29) is 23.2 Å². The fraction of sp³-hybridized carbons (Fsp3) is 0.588. The highest BCUT2D eigenvalue weighted by Crippen LogP contribution is 2.41. The van der Waals surface area contributed by atoms with Crippen LogP contribution in [0.1, 0.15) is 53.8 Å². The summed E-state index contributed by atoms with van der Waals surface area (Å²) in [5.74, 6) is -1.47. The Morgan fingerprint density at radius 3 is 2.52 bits per heavy atom. The standard InChI is InChI=1S/C17H19F3N2O3/c1-9-11(6-7-14(21-9)17(18,19)20)15(23)22-12-5-3-2-4-10(12)8-13(22)16(24)25/h6-7,10,12-13H,2-5,8H2,1H3,(H,24,25)/t10-,12+,13-/m0/s1. The number of carbonyl (C=O) groups is 2. The summed E-state index contributed by atoms with van der Waals surface area (Å²) in [7, 11) is 0. The van der Waals surface area contributed by atoms with Crippen molar-refractivity contribution in [2.24, 2.45) is 5.92 Å². The molecule has 1 N–H and O–H groups in total. The van der Waals surface area contributed by atoms with E-state index < -0.39 is 29.8 Å². The van der Waals surface area contributed by atoms with Gasteiger partial charge in [-0.2, -0.15) is 13.2 Å². The molecule has 3 atom stereocenters. The molecule has 0 aromatic carbocycles. The number of aromatic nitrogens is 1. The quantitative estimate of drug-likeness (QED) is 0.883. The number of hydrogen-bond donors (Lipinski definition) is 1. The molecule has 25 heavy (non-hydrogen) atoms. The summed E-state index contributed by atoms with van der Waals surface area (Å²) in [4.78, 5) is 29.4. The lowest BCUT2D eigenvalue weighted by Gasteiger charge is -2.33. The molecule has 1 aromatic heterocycles. The van der Waals surface area contributed by atoms with Crippen molar-refractivity contribution in [2.75, 3.05) is 0 Å². The van der Waals surface area contributed by atoms with Crippen LogP contribution in [0.3, 0.4) is 0 Å². The molecule has 1 aliphatic heterocycles. The van der Waals surface area contributed by atoms with Gasteiger partial charge in [-0.15, -0.1) is 0 Å². The van der Waals surface area contributed by atoms with Crippen molar-refractivity contribution in [1.29, 1.82) is 0 Å². The van der Waals surface area contributed by atoms with Crippen molar-refractivity contribution in [1.82, 2.24) is 9.88 Å². The third kappa shape index (κ3) is 3.21. The largest absolute Gasteiger partial charge is 0.480 e. The topological polar surface area (TPSA) is 70.5 Å². The van der Waals surface area contributed by atoms with Crippen LogP contribution in [0.5, 0.6) is 0 Å². The predicted molar refractivity (Wildman–Crippen MR) is 81.9 cm³/mol. The maximum atomic E-state index is 12.9. The predicted octanol–water partition coefficient (Wildman–Crippen LogP) is 3.27. The van der Waals surface area contributed by atoms with Crippen LogP contribution in [0.4, 0.5) is 13.2 Å². The maximum Gasteiger partial charge on any atom is 0.433 e. The molecule has 2 fully saturated rings. The van der Waals surface area contributed by atoms with Crippen LogP contribution >= 0.6 is 0 Å². The van der Waals surface area contributed by atoms with E-state index in [1.807, 2.05) is 0 Å². The zero-order valence-corrected chi connectivity index (χ0v) is 13.7. The van der Waals surface area contributed by atoms with Gasteiger partial charge in [0.25, 0.3) is 5.91 Å². The molecular weight excluding hydrogens is 337 g/mol. The summed E-state index contributed by atoms with van der Waals surface area (Å²) >= 11 is 0. The second kappa shape index (κ2) is 6.31. The highest BCUT2D eigenvalue weighted by atomic mass is 19.4. The first-order valence-electron chi connectivity index (χ1n) is 8.30. The Morgan fingerprint density at radius 2 is 1.92 bits per heavy atom. The second-order valence-corrected chi connectivity index (χ2v) is 6.74. The van der Waals surface area contributed by atoms with E-state index in [9.17, 15) is 27.9 Å². The van der Waals surface area contributed by atoms with E-state index in [0.717, 1.165) is 37.8 Å². The van der Waals surface area contributed by atoms with Gasteiger partial charge in [0.1, 0.15) is 11.7 Å². The number of nitrogens with zero attached hydrogens (tertiary/aromatic N) is 2. The van der Waals surface area contributed by atoms with Crippen LogP contribution in [-0.2, 0) is 11.0 Å². The smallest absolute Gasteiger partial charge is 0.433 e. The van der Waals surface area contributed by atoms with E-state index in [1.54, 1.807) is 0 Å². The third-order valence-electron chi connectivity index (χ3n) is 5.21. The molecule has 2 heterocycles. The number of halogens is 3. The molecule has 136 valence electrons. The zero-order valence-electron chi connectivity index (χ0n) is 13.7. The van der Waals surface area contributed by atoms with Crippen LogP contribution in [-0.4, -0.2) is 39.0 Å². The summed E-state index contributed by atoms with van der Waals surface area (Å²) in [6, 6.07) is 0.777. The van der Waals surface area contributed by atoms with E-state index in [0.29, 0.717) is 6.42 Å². The monoisotopic (exact) mass is 356 g/mol. The lowest BCUT2D eigenvalue weighted by molar-refractivity contribution is -0.142. The molecule has 1 aromatic rings. The Hall–Kier alpha value is -2.12. The highest BCUT2D eigenvalue weighted by molar-refractivity contribution is 5.98. The molecule has 0 spiro atoms. The van der Waals surface area contributed by atoms with Crippen LogP contribution in [0, 0.1) is 12.8 Å². The van der Waals surface area contributed by atoms with E-state index in [1.165, 1.54) is 11.8 Å². The minimum absolute atomic E-state index is 0.0328. The molecular formula is C17H19F3N2O3. The molecule has 0 bridgehead atoms. The van der Waals surface area contributed by atoms with Gasteiger partial charge < -0.3 is 10.0 Å². The number of alkyl halides is 3. The van der Waals surface area contributed by atoms with Crippen LogP contribution in [0.2, 0.25) is 0 Å². The maximum absolute atomic E-state index is 12.9. The van der Waals surface area contributed by atoms with Gasteiger partial charge in [-0.25, -0.2) is 9.78 Å². The Morgan fingerprint density at radius 1 is 1.24 bits per heavy atom. The zero-order chi connectivity index (χ0) is 18.4. The van der Waals surface area contributed by atoms with Gasteiger partial charge in [-0.05, 0) is 44.2 Å². The minimum atomic E-state index is -4.59. The van der Waals surface area contributed by atoms with Crippen molar-refractivity contribution in [3.8, 4) is 0 Å². The van der Waals surface area contributed by atoms with Crippen molar-refractivity contribution in [3.63, 3.8) is 0 Å². The van der Waals surface area contributed by atoms with Crippen LogP contribution in [0.25, 0.3) is 0 Å². The van der Waals surface area contributed by atoms with Crippen LogP contribution < -0.4 is 0 Å². The first-order valence-corrected chi connectivity index (χ1v) is 8.30. The third-order valence-corrected chi connectivity index (χ3v) is 5.21. The van der Waals surface area contributed by atoms with E-state index >= 15 is 0 Å². The Labute approximate surface area is 142 Å². The van der Waals surface area contributed by atoms with Gasteiger partial charge in [0.2, 0.25) is 0 Å². The fourth-order valence-electron chi connectivity index (χ4n) is 4.06. The van der Waals surface area contributed by atoms with Gasteiger partial charge in [-0.3, -0.25) is 4.79 Å². The number of carboxylic acids is 1.